The predicted molar refractivity (Wildman–Crippen MR) is 84.6 cm³/mol. The molecule has 0 heterocycles. The first-order chi connectivity index (χ1) is 10.4. The van der Waals surface area contributed by atoms with Crippen LogP contribution in [-0.4, -0.2) is 29.1 Å². The second-order valence-electron chi connectivity index (χ2n) is 5.36. The number of anilines is 1. The quantitative estimate of drug-likeness (QED) is 0.386. The lowest BCUT2D eigenvalue weighted by molar-refractivity contribution is -0.385. The summed E-state index contributed by atoms with van der Waals surface area (Å²) in [4.78, 5) is 22.7. The highest BCUT2D eigenvalue weighted by atomic mass is 16.6. The lowest BCUT2D eigenvalue weighted by atomic mass is 9.79. The molecule has 1 aromatic carbocycles. The van der Waals surface area contributed by atoms with Crippen LogP contribution in [0.5, 0.6) is 0 Å². The Bertz CT molecular complexity index is 542. The second-order valence-corrected chi connectivity index (χ2v) is 5.36. The van der Waals surface area contributed by atoms with E-state index < -0.39 is 10.8 Å². The molecule has 0 aliphatic heterocycles. The minimum atomic E-state index is -0.619. The van der Waals surface area contributed by atoms with E-state index in [1.807, 2.05) is 13.8 Å². The van der Waals surface area contributed by atoms with Crippen LogP contribution in [0.1, 0.15) is 43.5 Å². The third-order valence-electron chi connectivity index (χ3n) is 4.26. The van der Waals surface area contributed by atoms with Gasteiger partial charge in [-0.25, -0.2) is 0 Å². The van der Waals surface area contributed by atoms with Crippen LogP contribution < -0.4 is 11.1 Å². The second kappa shape index (κ2) is 7.74. The molecule has 122 valence electrons. The maximum absolute atomic E-state index is 12.3. The van der Waals surface area contributed by atoms with E-state index >= 15 is 0 Å². The van der Waals surface area contributed by atoms with Crippen LogP contribution in [-0.2, 0) is 0 Å². The average molecular weight is 309 g/mol. The number of nitro benzene ring substituents is 1. The number of carbonyl (C=O) groups is 1. The van der Waals surface area contributed by atoms with Crippen molar-refractivity contribution >= 4 is 17.3 Å². The molecule has 1 rings (SSSR count). The molecule has 7 heteroatoms. The number of aliphatic hydroxyl groups is 1. The smallest absolute Gasteiger partial charge is 0.284 e. The molecule has 0 saturated heterocycles. The number of benzene rings is 1. The molecule has 1 aromatic rings. The molecule has 0 aromatic heterocycles. The van der Waals surface area contributed by atoms with Gasteiger partial charge in [-0.1, -0.05) is 19.9 Å². The van der Waals surface area contributed by atoms with E-state index in [-0.39, 0.29) is 29.0 Å². The van der Waals surface area contributed by atoms with Crippen molar-refractivity contribution in [3.8, 4) is 0 Å². The monoisotopic (exact) mass is 309 g/mol. The maximum atomic E-state index is 12.3. The van der Waals surface area contributed by atoms with Crippen molar-refractivity contribution in [2.24, 2.45) is 5.41 Å². The van der Waals surface area contributed by atoms with Gasteiger partial charge >= 0.3 is 0 Å². The van der Waals surface area contributed by atoms with Crippen molar-refractivity contribution in [2.75, 3.05) is 18.9 Å². The molecule has 4 N–H and O–H groups in total. The number of nitro groups is 1. The predicted octanol–water partition coefficient (Wildman–Crippen LogP) is 2.10. The van der Waals surface area contributed by atoms with Crippen molar-refractivity contribution in [1.29, 1.82) is 0 Å². The lowest BCUT2D eigenvalue weighted by Crippen LogP contribution is -2.38. The van der Waals surface area contributed by atoms with Gasteiger partial charge in [-0.05, 0) is 30.7 Å². The van der Waals surface area contributed by atoms with Crippen molar-refractivity contribution in [1.82, 2.24) is 5.32 Å². The molecule has 1 amide bonds. The third kappa shape index (κ3) is 3.94. The SMILES string of the molecule is CCC(CC)(CCO)CNC(=O)c1c(N)cccc1[N+](=O)[O-]. The summed E-state index contributed by atoms with van der Waals surface area (Å²) in [5.41, 5.74) is 5.15. The Morgan fingerprint density at radius 2 is 2.05 bits per heavy atom. The molecular weight excluding hydrogens is 286 g/mol. The molecule has 0 atom stereocenters. The Kier molecular flexibility index (Phi) is 6.30. The minimum Gasteiger partial charge on any atom is -0.398 e. The first-order valence-electron chi connectivity index (χ1n) is 7.32. The third-order valence-corrected chi connectivity index (χ3v) is 4.26. The van der Waals surface area contributed by atoms with Gasteiger partial charge in [0.25, 0.3) is 11.6 Å². The van der Waals surface area contributed by atoms with E-state index in [2.05, 4.69) is 5.32 Å². The molecule has 0 aliphatic carbocycles. The summed E-state index contributed by atoms with van der Waals surface area (Å²) >= 11 is 0. The number of nitrogen functional groups attached to an aromatic ring is 1. The van der Waals surface area contributed by atoms with E-state index in [0.717, 1.165) is 12.8 Å². The molecular formula is C15H23N3O4. The Morgan fingerprint density at radius 1 is 1.41 bits per heavy atom. The Hall–Kier alpha value is -2.15. The van der Waals surface area contributed by atoms with Crippen LogP contribution in [0.25, 0.3) is 0 Å². The van der Waals surface area contributed by atoms with Crippen LogP contribution >= 0.6 is 0 Å². The van der Waals surface area contributed by atoms with Crippen LogP contribution in [0.2, 0.25) is 0 Å². The maximum Gasteiger partial charge on any atom is 0.284 e. The Labute approximate surface area is 129 Å². The number of nitrogens with two attached hydrogens (primary N) is 1. The molecule has 0 radical (unpaired) electrons. The fourth-order valence-electron chi connectivity index (χ4n) is 2.49. The molecule has 0 aliphatic rings. The molecule has 7 nitrogen and oxygen atoms in total. The first-order valence-corrected chi connectivity index (χ1v) is 7.32. The normalized spacial score (nSPS) is 11.2. The minimum absolute atomic E-state index is 0.0329. The van der Waals surface area contributed by atoms with Gasteiger partial charge in [0.15, 0.2) is 0 Å². The number of carbonyl (C=O) groups excluding carboxylic acids is 1. The van der Waals surface area contributed by atoms with E-state index in [1.165, 1.54) is 18.2 Å². The summed E-state index contributed by atoms with van der Waals surface area (Å²) in [5, 5.41) is 22.9. The van der Waals surface area contributed by atoms with E-state index in [1.54, 1.807) is 0 Å². The van der Waals surface area contributed by atoms with Crippen molar-refractivity contribution in [3.05, 3.63) is 33.9 Å². The standard InChI is InChI=1S/C15H23N3O4/c1-3-15(4-2,8-9-19)10-17-14(20)13-11(16)6-5-7-12(13)18(21)22/h5-7,19H,3-4,8-10,16H2,1-2H3,(H,17,20). The molecule has 0 spiro atoms. The number of amides is 1. The van der Waals surface area contributed by atoms with Crippen molar-refractivity contribution in [3.63, 3.8) is 0 Å². The van der Waals surface area contributed by atoms with Gasteiger partial charge < -0.3 is 16.2 Å². The van der Waals surface area contributed by atoms with Crippen LogP contribution in [0, 0.1) is 15.5 Å². The van der Waals surface area contributed by atoms with E-state index in [0.29, 0.717) is 13.0 Å². The fourth-order valence-corrected chi connectivity index (χ4v) is 2.49. The summed E-state index contributed by atoms with van der Waals surface area (Å²) in [6.07, 6.45) is 2.14. The topological polar surface area (TPSA) is 118 Å². The largest absolute Gasteiger partial charge is 0.398 e. The Balaban J connectivity index is 2.97. The summed E-state index contributed by atoms with van der Waals surface area (Å²) in [7, 11) is 0. The fraction of sp³-hybridized carbons (Fsp3) is 0.533. The van der Waals surface area contributed by atoms with Crippen molar-refractivity contribution in [2.45, 2.75) is 33.1 Å². The number of nitrogens with zero attached hydrogens (tertiary/aromatic N) is 1. The van der Waals surface area contributed by atoms with Crippen LogP contribution in [0.3, 0.4) is 0 Å². The van der Waals surface area contributed by atoms with Crippen LogP contribution in [0.15, 0.2) is 18.2 Å². The zero-order chi connectivity index (χ0) is 16.8. The van der Waals surface area contributed by atoms with Gasteiger partial charge in [0.2, 0.25) is 0 Å². The van der Waals surface area contributed by atoms with Gasteiger partial charge in [0, 0.05) is 19.2 Å². The summed E-state index contributed by atoms with van der Waals surface area (Å²) in [6, 6.07) is 4.16. The van der Waals surface area contributed by atoms with Gasteiger partial charge in [0.05, 0.1) is 10.6 Å². The molecule has 0 saturated carbocycles. The van der Waals surface area contributed by atoms with Crippen LogP contribution in [0.4, 0.5) is 11.4 Å². The summed E-state index contributed by atoms with van der Waals surface area (Å²) in [5.74, 6) is -0.561. The summed E-state index contributed by atoms with van der Waals surface area (Å²) < 4.78 is 0. The highest BCUT2D eigenvalue weighted by Gasteiger charge is 2.28. The molecule has 22 heavy (non-hydrogen) atoms. The number of hydrogen-bond acceptors (Lipinski definition) is 5. The number of rotatable bonds is 8. The van der Waals surface area contributed by atoms with E-state index in [4.69, 9.17) is 5.73 Å². The molecule has 0 unspecified atom stereocenters. The molecule has 0 fully saturated rings. The van der Waals surface area contributed by atoms with Gasteiger partial charge in [0.1, 0.15) is 5.56 Å². The van der Waals surface area contributed by atoms with E-state index in [9.17, 15) is 20.0 Å². The summed E-state index contributed by atoms with van der Waals surface area (Å²) in [6.45, 7) is 4.35. The molecule has 0 bridgehead atoms. The lowest BCUT2D eigenvalue weighted by Gasteiger charge is -2.31. The van der Waals surface area contributed by atoms with Crippen molar-refractivity contribution < 1.29 is 14.8 Å². The highest BCUT2D eigenvalue weighted by molar-refractivity contribution is 6.03. The van der Waals surface area contributed by atoms with Gasteiger partial charge in [-0.2, -0.15) is 0 Å². The highest BCUT2D eigenvalue weighted by Crippen LogP contribution is 2.30. The van der Waals surface area contributed by atoms with Gasteiger partial charge in [-0.15, -0.1) is 0 Å². The number of hydrogen-bond donors (Lipinski definition) is 3. The number of nitrogens with one attached hydrogen (secondary N) is 1. The first kappa shape index (κ1) is 17.9. The zero-order valence-corrected chi connectivity index (χ0v) is 13.0. The average Bonchev–Trinajstić information content (AvgIpc) is 2.51. The van der Waals surface area contributed by atoms with Gasteiger partial charge in [-0.3, -0.25) is 14.9 Å². The Morgan fingerprint density at radius 3 is 2.55 bits per heavy atom. The zero-order valence-electron chi connectivity index (χ0n) is 13.0. The number of aliphatic hydroxyl groups excluding tert-OH is 1.